The van der Waals surface area contributed by atoms with Crippen LogP contribution in [0.15, 0.2) is 40.3 Å². The normalized spacial score (nSPS) is 15.5. The van der Waals surface area contributed by atoms with E-state index in [0.29, 0.717) is 6.61 Å². The standard InChI is InChI=1S/C12H12O2S/c13-7-10-1-3-12(4-2-10)14-8-11-5-6-15-9-11/h1,3,5-7,9H,2,4,8H2. The number of rotatable bonds is 4. The molecule has 0 atom stereocenters. The van der Waals surface area contributed by atoms with Crippen molar-refractivity contribution in [2.24, 2.45) is 0 Å². The van der Waals surface area contributed by atoms with Gasteiger partial charge in [-0.1, -0.05) is 6.08 Å². The van der Waals surface area contributed by atoms with Gasteiger partial charge in [0, 0.05) is 6.42 Å². The van der Waals surface area contributed by atoms with Gasteiger partial charge in [-0.2, -0.15) is 11.3 Å². The summed E-state index contributed by atoms with van der Waals surface area (Å²) in [6.07, 6.45) is 6.25. The maximum atomic E-state index is 10.5. The Balaban J connectivity index is 1.89. The summed E-state index contributed by atoms with van der Waals surface area (Å²) < 4.78 is 5.63. The van der Waals surface area contributed by atoms with Crippen molar-refractivity contribution in [3.8, 4) is 0 Å². The van der Waals surface area contributed by atoms with E-state index in [9.17, 15) is 4.79 Å². The van der Waals surface area contributed by atoms with Gasteiger partial charge in [0.25, 0.3) is 0 Å². The number of allylic oxidation sites excluding steroid dienone is 4. The Morgan fingerprint density at radius 1 is 1.40 bits per heavy atom. The Bertz CT molecular complexity index is 388. The van der Waals surface area contributed by atoms with Crippen LogP contribution in [0, 0.1) is 0 Å². The number of aldehydes is 1. The molecule has 0 radical (unpaired) electrons. The monoisotopic (exact) mass is 220 g/mol. The molecule has 0 unspecified atom stereocenters. The summed E-state index contributed by atoms with van der Waals surface area (Å²) in [6.45, 7) is 0.625. The third-order valence-electron chi connectivity index (χ3n) is 2.30. The lowest BCUT2D eigenvalue weighted by atomic mass is 10.1. The first kappa shape index (κ1) is 10.2. The second-order valence-electron chi connectivity index (χ2n) is 3.41. The average Bonchev–Trinajstić information content (AvgIpc) is 2.80. The Morgan fingerprint density at radius 3 is 2.93 bits per heavy atom. The molecule has 0 aromatic carbocycles. The van der Waals surface area contributed by atoms with Gasteiger partial charge in [-0.15, -0.1) is 0 Å². The van der Waals surface area contributed by atoms with Gasteiger partial charge in [-0.05, 0) is 40.5 Å². The largest absolute Gasteiger partial charge is 0.493 e. The van der Waals surface area contributed by atoms with Crippen LogP contribution < -0.4 is 0 Å². The summed E-state index contributed by atoms with van der Waals surface area (Å²) in [5, 5.41) is 4.12. The van der Waals surface area contributed by atoms with Crippen molar-refractivity contribution in [2.75, 3.05) is 0 Å². The number of hydrogen-bond acceptors (Lipinski definition) is 3. The van der Waals surface area contributed by atoms with Crippen LogP contribution in [0.5, 0.6) is 0 Å². The van der Waals surface area contributed by atoms with Crippen molar-refractivity contribution in [1.82, 2.24) is 0 Å². The first-order valence-corrected chi connectivity index (χ1v) is 5.81. The lowest BCUT2D eigenvalue weighted by Gasteiger charge is -2.12. The zero-order valence-corrected chi connectivity index (χ0v) is 9.13. The molecule has 1 aromatic heterocycles. The van der Waals surface area contributed by atoms with Crippen LogP contribution in [0.25, 0.3) is 0 Å². The predicted octanol–water partition coefficient (Wildman–Crippen LogP) is 3.07. The highest BCUT2D eigenvalue weighted by molar-refractivity contribution is 7.07. The maximum absolute atomic E-state index is 10.5. The molecular formula is C12H12O2S. The lowest BCUT2D eigenvalue weighted by Crippen LogP contribution is -1.98. The minimum absolute atomic E-state index is 0.625. The molecule has 78 valence electrons. The van der Waals surface area contributed by atoms with E-state index in [1.54, 1.807) is 11.3 Å². The Labute approximate surface area is 92.9 Å². The molecule has 1 aliphatic carbocycles. The molecule has 2 nitrogen and oxygen atoms in total. The van der Waals surface area contributed by atoms with Crippen LogP contribution in [0.1, 0.15) is 18.4 Å². The van der Waals surface area contributed by atoms with E-state index in [4.69, 9.17) is 4.74 Å². The average molecular weight is 220 g/mol. The molecule has 0 fully saturated rings. The number of carbonyl (C=O) groups is 1. The van der Waals surface area contributed by atoms with Gasteiger partial charge in [-0.3, -0.25) is 4.79 Å². The highest BCUT2D eigenvalue weighted by Gasteiger charge is 2.06. The van der Waals surface area contributed by atoms with E-state index in [1.807, 2.05) is 17.5 Å². The van der Waals surface area contributed by atoms with Gasteiger partial charge in [0.1, 0.15) is 12.9 Å². The van der Waals surface area contributed by atoms with Crippen LogP contribution in [-0.2, 0) is 16.1 Å². The van der Waals surface area contributed by atoms with Gasteiger partial charge in [0.15, 0.2) is 0 Å². The molecule has 15 heavy (non-hydrogen) atoms. The summed E-state index contributed by atoms with van der Waals surface area (Å²) in [5.41, 5.74) is 2.05. The highest BCUT2D eigenvalue weighted by atomic mass is 32.1. The van der Waals surface area contributed by atoms with E-state index < -0.39 is 0 Å². The van der Waals surface area contributed by atoms with E-state index in [2.05, 4.69) is 11.4 Å². The number of hydrogen-bond donors (Lipinski definition) is 0. The maximum Gasteiger partial charge on any atom is 0.146 e. The first-order valence-electron chi connectivity index (χ1n) is 4.87. The van der Waals surface area contributed by atoms with E-state index in [0.717, 1.165) is 30.5 Å². The molecule has 0 spiro atoms. The second kappa shape index (κ2) is 4.94. The SMILES string of the molecule is O=CC1=CC=C(OCc2ccsc2)CC1. The van der Waals surface area contributed by atoms with Crippen molar-refractivity contribution in [3.05, 3.63) is 45.9 Å². The fourth-order valence-electron chi connectivity index (χ4n) is 1.40. The fraction of sp³-hybridized carbons (Fsp3) is 0.250. The third kappa shape index (κ3) is 2.80. The van der Waals surface area contributed by atoms with Crippen LogP contribution >= 0.6 is 11.3 Å². The zero-order chi connectivity index (χ0) is 10.5. The van der Waals surface area contributed by atoms with E-state index in [-0.39, 0.29) is 0 Å². The topological polar surface area (TPSA) is 26.3 Å². The molecule has 2 rings (SSSR count). The summed E-state index contributed by atoms with van der Waals surface area (Å²) in [6, 6.07) is 2.06. The molecular weight excluding hydrogens is 208 g/mol. The van der Waals surface area contributed by atoms with Crippen molar-refractivity contribution in [2.45, 2.75) is 19.4 Å². The first-order chi connectivity index (χ1) is 7.38. The van der Waals surface area contributed by atoms with Gasteiger partial charge in [0.05, 0.1) is 5.76 Å². The molecule has 1 aliphatic rings. The molecule has 0 aliphatic heterocycles. The van der Waals surface area contributed by atoms with Crippen molar-refractivity contribution in [3.63, 3.8) is 0 Å². The minimum atomic E-state index is 0.625. The van der Waals surface area contributed by atoms with Gasteiger partial charge in [-0.25, -0.2) is 0 Å². The molecule has 3 heteroatoms. The molecule has 1 aromatic rings. The van der Waals surface area contributed by atoms with E-state index in [1.165, 1.54) is 5.56 Å². The van der Waals surface area contributed by atoms with E-state index >= 15 is 0 Å². The smallest absolute Gasteiger partial charge is 0.146 e. The summed E-state index contributed by atoms with van der Waals surface area (Å²) in [4.78, 5) is 10.5. The fourth-order valence-corrected chi connectivity index (χ4v) is 2.06. The lowest BCUT2D eigenvalue weighted by molar-refractivity contribution is -0.105. The Hall–Kier alpha value is -1.35. The number of ether oxygens (including phenoxy) is 1. The second-order valence-corrected chi connectivity index (χ2v) is 4.19. The number of thiophene rings is 1. The molecule has 0 amide bonds. The molecule has 1 heterocycles. The summed E-state index contributed by atoms with van der Waals surface area (Å²) in [7, 11) is 0. The van der Waals surface area contributed by atoms with Crippen LogP contribution in [-0.4, -0.2) is 6.29 Å². The number of carbonyl (C=O) groups excluding carboxylic acids is 1. The minimum Gasteiger partial charge on any atom is -0.493 e. The summed E-state index contributed by atoms with van der Waals surface area (Å²) in [5.74, 6) is 0.965. The zero-order valence-electron chi connectivity index (χ0n) is 8.31. The van der Waals surface area contributed by atoms with Crippen LogP contribution in [0.2, 0.25) is 0 Å². The molecule has 0 saturated heterocycles. The predicted molar refractivity (Wildman–Crippen MR) is 60.6 cm³/mol. The summed E-state index contributed by atoms with van der Waals surface area (Å²) >= 11 is 1.67. The van der Waals surface area contributed by atoms with Crippen LogP contribution in [0.3, 0.4) is 0 Å². The van der Waals surface area contributed by atoms with Gasteiger partial charge >= 0.3 is 0 Å². The van der Waals surface area contributed by atoms with Crippen LogP contribution in [0.4, 0.5) is 0 Å². The Morgan fingerprint density at radius 2 is 2.33 bits per heavy atom. The highest BCUT2D eigenvalue weighted by Crippen LogP contribution is 2.19. The molecule has 0 bridgehead atoms. The Kier molecular flexibility index (Phi) is 3.35. The van der Waals surface area contributed by atoms with Crippen molar-refractivity contribution < 1.29 is 9.53 Å². The third-order valence-corrected chi connectivity index (χ3v) is 3.03. The van der Waals surface area contributed by atoms with Crippen molar-refractivity contribution >= 4 is 17.6 Å². The molecule has 0 N–H and O–H groups in total. The van der Waals surface area contributed by atoms with Gasteiger partial charge < -0.3 is 4.74 Å². The van der Waals surface area contributed by atoms with Gasteiger partial charge in [0.2, 0.25) is 0 Å². The van der Waals surface area contributed by atoms with Crippen molar-refractivity contribution in [1.29, 1.82) is 0 Å². The molecule has 0 saturated carbocycles. The quantitative estimate of drug-likeness (QED) is 0.729.